The molecule has 0 atom stereocenters. The first-order chi connectivity index (χ1) is 14.1. The zero-order valence-electron chi connectivity index (χ0n) is 16.1. The first-order valence-electron chi connectivity index (χ1n) is 9.09. The summed E-state index contributed by atoms with van der Waals surface area (Å²) < 4.78 is 5.22. The lowest BCUT2D eigenvalue weighted by atomic mass is 10.0. The van der Waals surface area contributed by atoms with E-state index in [0.717, 1.165) is 28.0 Å². The molecule has 0 saturated carbocycles. The Balaban J connectivity index is 1.62. The third-order valence-electron chi connectivity index (χ3n) is 4.50. The van der Waals surface area contributed by atoms with E-state index in [9.17, 15) is 4.79 Å². The predicted molar refractivity (Wildman–Crippen MR) is 109 cm³/mol. The number of fused-ring (bicyclic) bond motifs is 1. The van der Waals surface area contributed by atoms with Crippen LogP contribution in [0.25, 0.3) is 22.0 Å². The van der Waals surface area contributed by atoms with Crippen molar-refractivity contribution in [3.63, 3.8) is 0 Å². The fraction of sp³-hybridized carbons (Fsp3) is 0.136. The molecular weight excluding hydrogens is 366 g/mol. The lowest BCUT2D eigenvalue weighted by Crippen LogP contribution is -2.24. The van der Waals surface area contributed by atoms with E-state index in [1.807, 2.05) is 37.3 Å². The largest absolute Gasteiger partial charge is 0.497 e. The Morgan fingerprint density at radius 2 is 1.83 bits per heavy atom. The van der Waals surface area contributed by atoms with Crippen LogP contribution in [0.3, 0.4) is 0 Å². The molecule has 7 nitrogen and oxygen atoms in total. The number of amides is 1. The highest BCUT2D eigenvalue weighted by atomic mass is 16.5. The number of nitrogens with zero attached hydrogens (tertiary/aromatic N) is 4. The molecule has 0 saturated heterocycles. The minimum absolute atomic E-state index is 0.272. The highest BCUT2D eigenvalue weighted by Crippen LogP contribution is 2.28. The van der Waals surface area contributed by atoms with Gasteiger partial charge in [0.2, 0.25) is 0 Å². The zero-order valence-corrected chi connectivity index (χ0v) is 16.1. The van der Waals surface area contributed by atoms with E-state index >= 15 is 0 Å². The monoisotopic (exact) mass is 385 g/mol. The van der Waals surface area contributed by atoms with Crippen molar-refractivity contribution in [2.24, 2.45) is 0 Å². The summed E-state index contributed by atoms with van der Waals surface area (Å²) in [6, 6.07) is 11.2. The van der Waals surface area contributed by atoms with Crippen LogP contribution in [0.2, 0.25) is 0 Å². The molecule has 29 heavy (non-hydrogen) atoms. The number of benzene rings is 1. The lowest BCUT2D eigenvalue weighted by molar-refractivity contribution is 0.0946. The number of ether oxygens (including phenoxy) is 1. The number of carbonyl (C=O) groups is 1. The van der Waals surface area contributed by atoms with Crippen molar-refractivity contribution in [3.8, 4) is 16.9 Å². The summed E-state index contributed by atoms with van der Waals surface area (Å²) in [5.74, 6) is 0.501. The Morgan fingerprint density at radius 1 is 1.00 bits per heavy atom. The molecule has 3 heterocycles. The minimum Gasteiger partial charge on any atom is -0.497 e. The molecule has 1 N–H and O–H groups in total. The molecule has 4 aromatic rings. The topological polar surface area (TPSA) is 89.9 Å². The van der Waals surface area contributed by atoms with Gasteiger partial charge in [-0.3, -0.25) is 19.7 Å². The van der Waals surface area contributed by atoms with Crippen LogP contribution < -0.4 is 10.1 Å². The molecule has 0 aliphatic rings. The Kier molecular flexibility index (Phi) is 5.11. The van der Waals surface area contributed by atoms with Gasteiger partial charge in [0.25, 0.3) is 5.91 Å². The Morgan fingerprint density at radius 3 is 2.55 bits per heavy atom. The van der Waals surface area contributed by atoms with Crippen molar-refractivity contribution in [1.82, 2.24) is 25.3 Å². The summed E-state index contributed by atoms with van der Waals surface area (Å²) in [6.07, 6.45) is 6.81. The van der Waals surface area contributed by atoms with E-state index in [-0.39, 0.29) is 12.5 Å². The third kappa shape index (κ3) is 4.03. The summed E-state index contributed by atoms with van der Waals surface area (Å²) in [4.78, 5) is 29.9. The number of methoxy groups -OCH3 is 1. The number of rotatable bonds is 5. The maximum absolute atomic E-state index is 12.6. The van der Waals surface area contributed by atoms with E-state index in [1.54, 1.807) is 38.0 Å². The number of hydrogen-bond acceptors (Lipinski definition) is 6. The molecular formula is C22H19N5O2. The first kappa shape index (κ1) is 18.5. The van der Waals surface area contributed by atoms with E-state index in [0.29, 0.717) is 16.9 Å². The van der Waals surface area contributed by atoms with Crippen LogP contribution in [0, 0.1) is 6.92 Å². The van der Waals surface area contributed by atoms with Gasteiger partial charge in [0.05, 0.1) is 36.8 Å². The van der Waals surface area contributed by atoms with Crippen molar-refractivity contribution >= 4 is 16.8 Å². The van der Waals surface area contributed by atoms with Crippen molar-refractivity contribution in [1.29, 1.82) is 0 Å². The summed E-state index contributed by atoms with van der Waals surface area (Å²) in [6.45, 7) is 2.15. The smallest absolute Gasteiger partial charge is 0.270 e. The molecule has 0 unspecified atom stereocenters. The van der Waals surface area contributed by atoms with E-state index in [1.165, 1.54) is 0 Å². The SMILES string of the molecule is COc1ccc(-c2cncc3ccc(C(=O)NCc4cnc(C)cn4)nc23)cc1. The molecule has 1 amide bonds. The van der Waals surface area contributed by atoms with E-state index < -0.39 is 0 Å². The Bertz CT molecular complexity index is 1160. The Hall–Kier alpha value is -3.87. The summed E-state index contributed by atoms with van der Waals surface area (Å²) >= 11 is 0. The molecule has 0 bridgehead atoms. The van der Waals surface area contributed by atoms with Crippen molar-refractivity contribution in [2.75, 3.05) is 7.11 Å². The van der Waals surface area contributed by atoms with Crippen LogP contribution in [0.5, 0.6) is 5.75 Å². The van der Waals surface area contributed by atoms with Crippen LogP contribution in [0.15, 0.2) is 61.2 Å². The summed E-state index contributed by atoms with van der Waals surface area (Å²) in [5, 5.41) is 3.70. The molecule has 1 aromatic carbocycles. The average Bonchev–Trinajstić information content (AvgIpc) is 2.78. The average molecular weight is 385 g/mol. The molecule has 0 aliphatic carbocycles. The second-order valence-corrected chi connectivity index (χ2v) is 6.52. The van der Waals surface area contributed by atoms with Gasteiger partial charge in [0, 0.05) is 29.5 Å². The van der Waals surface area contributed by atoms with Gasteiger partial charge in [0.15, 0.2) is 0 Å². The van der Waals surface area contributed by atoms with Gasteiger partial charge in [-0.05, 0) is 36.8 Å². The van der Waals surface area contributed by atoms with Gasteiger partial charge in [0.1, 0.15) is 11.4 Å². The van der Waals surface area contributed by atoms with Crippen LogP contribution in [-0.2, 0) is 6.54 Å². The van der Waals surface area contributed by atoms with Crippen molar-refractivity contribution < 1.29 is 9.53 Å². The molecule has 0 aliphatic heterocycles. The molecule has 4 rings (SSSR count). The van der Waals surface area contributed by atoms with Gasteiger partial charge in [-0.2, -0.15) is 0 Å². The maximum atomic E-state index is 12.6. The normalized spacial score (nSPS) is 10.7. The molecule has 0 radical (unpaired) electrons. The zero-order chi connectivity index (χ0) is 20.2. The number of aromatic nitrogens is 4. The van der Waals surface area contributed by atoms with Crippen LogP contribution in [-0.4, -0.2) is 33.0 Å². The van der Waals surface area contributed by atoms with E-state index in [2.05, 4.69) is 25.3 Å². The van der Waals surface area contributed by atoms with E-state index in [4.69, 9.17) is 4.74 Å². The highest BCUT2D eigenvalue weighted by Gasteiger charge is 2.12. The van der Waals surface area contributed by atoms with Gasteiger partial charge in [-0.1, -0.05) is 12.1 Å². The van der Waals surface area contributed by atoms with Gasteiger partial charge in [-0.15, -0.1) is 0 Å². The summed E-state index contributed by atoms with van der Waals surface area (Å²) in [7, 11) is 1.63. The molecule has 3 aromatic heterocycles. The molecule has 0 fully saturated rings. The maximum Gasteiger partial charge on any atom is 0.270 e. The van der Waals surface area contributed by atoms with Gasteiger partial charge in [-0.25, -0.2) is 4.98 Å². The van der Waals surface area contributed by atoms with Crippen LogP contribution >= 0.6 is 0 Å². The quantitative estimate of drug-likeness (QED) is 0.567. The molecule has 144 valence electrons. The number of aryl methyl sites for hydroxylation is 1. The fourth-order valence-corrected chi connectivity index (χ4v) is 2.92. The Labute approximate surface area is 167 Å². The third-order valence-corrected chi connectivity index (χ3v) is 4.50. The fourth-order valence-electron chi connectivity index (χ4n) is 2.92. The van der Waals surface area contributed by atoms with Gasteiger partial charge >= 0.3 is 0 Å². The molecule has 7 heteroatoms. The number of pyridine rings is 2. The first-order valence-corrected chi connectivity index (χ1v) is 9.09. The van der Waals surface area contributed by atoms with Crippen LogP contribution in [0.4, 0.5) is 0 Å². The number of carbonyl (C=O) groups excluding carboxylic acids is 1. The second-order valence-electron chi connectivity index (χ2n) is 6.52. The van der Waals surface area contributed by atoms with Crippen LogP contribution in [0.1, 0.15) is 21.9 Å². The lowest BCUT2D eigenvalue weighted by Gasteiger charge is -2.09. The van der Waals surface area contributed by atoms with Crippen molar-refractivity contribution in [2.45, 2.75) is 13.5 Å². The minimum atomic E-state index is -0.272. The second kappa shape index (κ2) is 8.02. The number of hydrogen-bond donors (Lipinski definition) is 1. The predicted octanol–water partition coefficient (Wildman–Crippen LogP) is 3.33. The molecule has 0 spiro atoms. The highest BCUT2D eigenvalue weighted by molar-refractivity contribution is 5.98. The number of nitrogens with one attached hydrogen (secondary N) is 1. The van der Waals surface area contributed by atoms with Gasteiger partial charge < -0.3 is 10.1 Å². The van der Waals surface area contributed by atoms with Crippen molar-refractivity contribution in [3.05, 3.63) is 78.3 Å². The summed E-state index contributed by atoms with van der Waals surface area (Å²) in [5.41, 5.74) is 4.36. The standard InChI is InChI=1S/C22H19N5O2/c1-14-9-25-17(11-24-14)12-26-22(28)20-8-5-16-10-23-13-19(21(16)27-20)15-3-6-18(29-2)7-4-15/h3-11,13H,12H2,1-2H3,(H,26,28).